The summed E-state index contributed by atoms with van der Waals surface area (Å²) in [5, 5.41) is 0. The van der Waals surface area contributed by atoms with E-state index in [-0.39, 0.29) is 0 Å². The Balaban J connectivity index is 0.000000265. The molecule has 2 bridgehead atoms. The van der Waals surface area contributed by atoms with Crippen molar-refractivity contribution in [2.45, 2.75) is 71.6 Å². The van der Waals surface area contributed by atoms with Crippen LogP contribution in [-0.4, -0.2) is 13.1 Å². The number of allylic oxidation sites excluding steroid dienone is 1. The average molecular weight is 343 g/mol. The SMILES string of the molecule is C#CC(=O)OC.C=C1CC23CCC4C(C)CCC[C@@]4(C)C2CCC1C3. The Kier molecular flexibility index (Phi) is 5.06. The Morgan fingerprint density at radius 3 is 2.68 bits per heavy atom. The molecule has 2 heteroatoms. The van der Waals surface area contributed by atoms with Gasteiger partial charge in [0, 0.05) is 5.92 Å². The van der Waals surface area contributed by atoms with Crippen LogP contribution >= 0.6 is 0 Å². The summed E-state index contributed by atoms with van der Waals surface area (Å²) in [6.45, 7) is 9.65. The van der Waals surface area contributed by atoms with E-state index in [1.165, 1.54) is 64.9 Å². The average Bonchev–Trinajstić information content (AvgIpc) is 2.83. The van der Waals surface area contributed by atoms with Crippen LogP contribution in [0.1, 0.15) is 71.6 Å². The molecule has 0 aromatic heterocycles. The highest BCUT2D eigenvalue weighted by molar-refractivity contribution is 5.87. The summed E-state index contributed by atoms with van der Waals surface area (Å²) in [6.07, 6.45) is 18.0. The third-order valence-electron chi connectivity index (χ3n) is 8.31. The number of methoxy groups -OCH3 is 1. The second kappa shape index (κ2) is 6.82. The van der Waals surface area contributed by atoms with Crippen molar-refractivity contribution in [2.24, 2.45) is 34.5 Å². The van der Waals surface area contributed by atoms with E-state index in [0.29, 0.717) is 10.8 Å². The monoisotopic (exact) mass is 342 g/mol. The summed E-state index contributed by atoms with van der Waals surface area (Å²) in [5.74, 6) is 5.06. The van der Waals surface area contributed by atoms with Crippen LogP contribution < -0.4 is 0 Å². The van der Waals surface area contributed by atoms with Crippen molar-refractivity contribution < 1.29 is 9.53 Å². The van der Waals surface area contributed by atoms with Gasteiger partial charge in [-0.05, 0) is 79.4 Å². The maximum absolute atomic E-state index is 9.72. The van der Waals surface area contributed by atoms with Gasteiger partial charge < -0.3 is 4.74 Å². The molecule has 4 fully saturated rings. The highest BCUT2D eigenvalue weighted by atomic mass is 16.5. The first kappa shape index (κ1) is 18.6. The van der Waals surface area contributed by atoms with E-state index in [4.69, 9.17) is 0 Å². The van der Waals surface area contributed by atoms with Crippen LogP contribution in [0.2, 0.25) is 0 Å². The molecule has 4 aliphatic carbocycles. The van der Waals surface area contributed by atoms with E-state index in [1.54, 1.807) is 11.5 Å². The maximum atomic E-state index is 9.72. The molecule has 0 radical (unpaired) electrons. The molecule has 0 heterocycles. The van der Waals surface area contributed by atoms with Crippen molar-refractivity contribution in [3.63, 3.8) is 0 Å². The quantitative estimate of drug-likeness (QED) is 0.256. The fraction of sp³-hybridized carbons (Fsp3) is 0.783. The van der Waals surface area contributed by atoms with Crippen molar-refractivity contribution in [3.05, 3.63) is 12.2 Å². The minimum absolute atomic E-state index is 0.630. The van der Waals surface area contributed by atoms with Gasteiger partial charge in [0.25, 0.3) is 0 Å². The van der Waals surface area contributed by atoms with Gasteiger partial charge in [-0.25, -0.2) is 4.79 Å². The van der Waals surface area contributed by atoms with Gasteiger partial charge in [0.05, 0.1) is 7.11 Å². The van der Waals surface area contributed by atoms with Gasteiger partial charge in [-0.1, -0.05) is 38.8 Å². The van der Waals surface area contributed by atoms with Gasteiger partial charge in [0.15, 0.2) is 0 Å². The number of esters is 1. The van der Waals surface area contributed by atoms with Crippen molar-refractivity contribution in [3.8, 4) is 12.3 Å². The molecule has 0 aliphatic heterocycles. The van der Waals surface area contributed by atoms with Gasteiger partial charge in [-0.2, -0.15) is 0 Å². The number of terminal acetylenes is 1. The van der Waals surface area contributed by atoms with E-state index in [2.05, 4.69) is 31.6 Å². The molecule has 25 heavy (non-hydrogen) atoms. The lowest BCUT2D eigenvalue weighted by Gasteiger charge is -2.61. The van der Waals surface area contributed by atoms with Crippen LogP contribution in [0.5, 0.6) is 0 Å². The molecule has 0 N–H and O–H groups in total. The molecule has 2 nitrogen and oxygen atoms in total. The van der Waals surface area contributed by atoms with Gasteiger partial charge in [0.2, 0.25) is 0 Å². The summed E-state index contributed by atoms with van der Waals surface area (Å²) in [4.78, 5) is 9.72. The molecule has 4 aliphatic rings. The number of hydrogen-bond acceptors (Lipinski definition) is 2. The van der Waals surface area contributed by atoms with Crippen LogP contribution in [0.3, 0.4) is 0 Å². The highest BCUT2D eigenvalue weighted by Gasteiger charge is 2.61. The molecule has 0 aromatic carbocycles. The molecule has 0 amide bonds. The Hall–Kier alpha value is -1.23. The van der Waals surface area contributed by atoms with E-state index < -0.39 is 5.97 Å². The number of carbonyl (C=O) groups is 1. The first-order valence-electron chi connectivity index (χ1n) is 10.1. The smallest absolute Gasteiger partial charge is 0.383 e. The van der Waals surface area contributed by atoms with Gasteiger partial charge in [0.1, 0.15) is 0 Å². The maximum Gasteiger partial charge on any atom is 0.383 e. The zero-order chi connectivity index (χ0) is 18.2. The molecule has 5 unspecified atom stereocenters. The molecule has 0 saturated heterocycles. The molecule has 4 rings (SSSR count). The molecule has 1 spiro atoms. The zero-order valence-corrected chi connectivity index (χ0v) is 16.3. The van der Waals surface area contributed by atoms with E-state index in [1.807, 2.05) is 0 Å². The molecule has 138 valence electrons. The second-order valence-electron chi connectivity index (χ2n) is 9.38. The lowest BCUT2D eigenvalue weighted by Crippen LogP contribution is -2.53. The van der Waals surface area contributed by atoms with Crippen molar-refractivity contribution >= 4 is 5.97 Å². The van der Waals surface area contributed by atoms with Gasteiger partial charge in [-0.3, -0.25) is 0 Å². The zero-order valence-electron chi connectivity index (χ0n) is 16.3. The topological polar surface area (TPSA) is 26.3 Å². The largest absolute Gasteiger partial charge is 0.459 e. The Labute approximate surface area is 153 Å². The van der Waals surface area contributed by atoms with Crippen LogP contribution in [0.4, 0.5) is 0 Å². The van der Waals surface area contributed by atoms with Gasteiger partial charge in [-0.15, -0.1) is 6.42 Å². The van der Waals surface area contributed by atoms with E-state index in [9.17, 15) is 4.79 Å². The van der Waals surface area contributed by atoms with Crippen molar-refractivity contribution in [1.29, 1.82) is 0 Å². The number of ether oxygens (including phenoxy) is 1. The van der Waals surface area contributed by atoms with Crippen LogP contribution in [0.25, 0.3) is 0 Å². The molecular formula is C23H34O2. The summed E-state index contributed by atoms with van der Waals surface area (Å²) in [5.41, 5.74) is 2.99. The molecular weight excluding hydrogens is 308 g/mol. The van der Waals surface area contributed by atoms with Crippen molar-refractivity contribution in [1.82, 2.24) is 0 Å². The third-order valence-corrected chi connectivity index (χ3v) is 8.31. The Bertz CT molecular complexity index is 585. The molecule has 4 saturated carbocycles. The third kappa shape index (κ3) is 3.05. The lowest BCUT2D eigenvalue weighted by molar-refractivity contribution is -0.133. The van der Waals surface area contributed by atoms with Gasteiger partial charge >= 0.3 is 5.97 Å². The predicted molar refractivity (Wildman–Crippen MR) is 102 cm³/mol. The fourth-order valence-electron chi connectivity index (χ4n) is 7.33. The second-order valence-corrected chi connectivity index (χ2v) is 9.38. The number of carbonyl (C=O) groups excluding carboxylic acids is 1. The summed E-state index contributed by atoms with van der Waals surface area (Å²) in [7, 11) is 1.24. The number of fused-ring (bicyclic) bond motifs is 3. The number of hydrogen-bond donors (Lipinski definition) is 0. The lowest BCUT2D eigenvalue weighted by atomic mass is 9.43. The summed E-state index contributed by atoms with van der Waals surface area (Å²) >= 11 is 0. The van der Waals surface area contributed by atoms with E-state index in [0.717, 1.165) is 23.7 Å². The summed E-state index contributed by atoms with van der Waals surface area (Å²) < 4.78 is 4.02. The molecule has 6 atom stereocenters. The fourth-order valence-corrected chi connectivity index (χ4v) is 7.33. The standard InChI is InChI=1S/C19H30.C4H4O2/c1-13-5-4-9-18(3)16(13)8-10-19-11-14(2)15(12-19)6-7-17(18)19;1-3-4(5)6-2/h13,15-17H,2,4-12H2,1,3H3;1H,2H3/t13?,15?,16?,17?,18-,19?;/m1./s1. The first-order valence-corrected chi connectivity index (χ1v) is 10.1. The molecule has 0 aromatic rings. The van der Waals surface area contributed by atoms with Crippen LogP contribution in [0, 0.1) is 46.8 Å². The van der Waals surface area contributed by atoms with Crippen LogP contribution in [-0.2, 0) is 9.53 Å². The summed E-state index contributed by atoms with van der Waals surface area (Å²) in [6, 6.07) is 0. The van der Waals surface area contributed by atoms with Crippen LogP contribution in [0.15, 0.2) is 12.2 Å². The number of rotatable bonds is 0. The first-order chi connectivity index (χ1) is 11.9. The Morgan fingerprint density at radius 1 is 1.28 bits per heavy atom. The normalized spacial score (nSPS) is 44.5. The predicted octanol–water partition coefficient (Wildman–Crippen LogP) is 5.38. The Morgan fingerprint density at radius 2 is 2.04 bits per heavy atom. The minimum atomic E-state index is -0.630. The minimum Gasteiger partial charge on any atom is -0.459 e. The van der Waals surface area contributed by atoms with E-state index >= 15 is 0 Å². The van der Waals surface area contributed by atoms with Crippen molar-refractivity contribution in [2.75, 3.05) is 7.11 Å². The highest BCUT2D eigenvalue weighted by Crippen LogP contribution is 2.70.